The van der Waals surface area contributed by atoms with E-state index in [9.17, 15) is 4.79 Å². The molecule has 2 heterocycles. The third-order valence-corrected chi connectivity index (χ3v) is 2.01. The number of rotatable bonds is 2. The predicted octanol–water partition coefficient (Wildman–Crippen LogP) is 0.636. The van der Waals surface area contributed by atoms with Crippen LogP contribution in [0.2, 0.25) is 0 Å². The van der Waals surface area contributed by atoms with Crippen LogP contribution in [-0.2, 0) is 4.74 Å². The van der Waals surface area contributed by atoms with E-state index in [2.05, 4.69) is 14.8 Å². The van der Waals surface area contributed by atoms with Crippen molar-refractivity contribution in [2.45, 2.75) is 0 Å². The number of hydrogen-bond acceptors (Lipinski definition) is 5. The highest BCUT2D eigenvalue weighted by molar-refractivity contribution is 5.88. The fourth-order valence-corrected chi connectivity index (χ4v) is 1.23. The lowest BCUT2D eigenvalue weighted by Crippen LogP contribution is -2.04. The topological polar surface area (TPSA) is 83.0 Å². The van der Waals surface area contributed by atoms with Gasteiger partial charge in [0.25, 0.3) is 0 Å². The summed E-state index contributed by atoms with van der Waals surface area (Å²) < 4.78 is 6.09. The Hall–Kier alpha value is -2.37. The molecular formula is C10H10N4O2. The van der Waals surface area contributed by atoms with Gasteiger partial charge in [0.15, 0.2) is 5.82 Å². The van der Waals surface area contributed by atoms with Gasteiger partial charge in [-0.1, -0.05) is 0 Å². The quantitative estimate of drug-likeness (QED) is 0.748. The molecule has 0 radical (unpaired) electrons. The number of nitrogen functional groups attached to an aromatic ring is 1. The first kappa shape index (κ1) is 10.2. The van der Waals surface area contributed by atoms with Gasteiger partial charge in [-0.05, 0) is 12.1 Å². The van der Waals surface area contributed by atoms with Crippen LogP contribution in [0.4, 0.5) is 5.82 Å². The van der Waals surface area contributed by atoms with Crippen LogP contribution in [0.3, 0.4) is 0 Å². The summed E-state index contributed by atoms with van der Waals surface area (Å²) in [6.07, 6.45) is 3.12. The molecule has 82 valence electrons. The van der Waals surface area contributed by atoms with Crippen LogP contribution in [-0.4, -0.2) is 27.8 Å². The lowest BCUT2D eigenvalue weighted by Gasteiger charge is -2.01. The van der Waals surface area contributed by atoms with E-state index < -0.39 is 5.97 Å². The molecule has 2 aromatic heterocycles. The Morgan fingerprint density at radius 2 is 2.25 bits per heavy atom. The number of carbonyl (C=O) groups excluding carboxylic acids is 1. The average Bonchev–Trinajstić information content (AvgIpc) is 2.75. The van der Waals surface area contributed by atoms with Crippen molar-refractivity contribution >= 4 is 11.8 Å². The number of nitrogens with two attached hydrogens (primary N) is 1. The lowest BCUT2D eigenvalue weighted by atomic mass is 10.3. The minimum Gasteiger partial charge on any atom is -0.465 e. The van der Waals surface area contributed by atoms with Crippen molar-refractivity contribution in [3.8, 4) is 5.82 Å². The zero-order chi connectivity index (χ0) is 11.5. The molecule has 0 aliphatic carbocycles. The van der Waals surface area contributed by atoms with E-state index in [1.165, 1.54) is 18.0 Å². The van der Waals surface area contributed by atoms with Gasteiger partial charge in [-0.2, -0.15) is 0 Å². The van der Waals surface area contributed by atoms with E-state index in [1.807, 2.05) is 0 Å². The Balaban J connectivity index is 2.29. The SMILES string of the molecule is COC(=O)c1ccc(-n2ccc(N)n2)nc1. The summed E-state index contributed by atoms with van der Waals surface area (Å²) in [6.45, 7) is 0. The summed E-state index contributed by atoms with van der Waals surface area (Å²) in [7, 11) is 1.32. The molecule has 0 bridgehead atoms. The van der Waals surface area contributed by atoms with Crippen LogP contribution in [0.1, 0.15) is 10.4 Å². The van der Waals surface area contributed by atoms with Crippen molar-refractivity contribution in [1.29, 1.82) is 0 Å². The van der Waals surface area contributed by atoms with Crippen molar-refractivity contribution in [1.82, 2.24) is 14.8 Å². The Bertz CT molecular complexity index is 504. The van der Waals surface area contributed by atoms with Gasteiger partial charge in [0, 0.05) is 18.5 Å². The summed E-state index contributed by atoms with van der Waals surface area (Å²) in [6, 6.07) is 4.95. The number of aromatic nitrogens is 3. The number of carbonyl (C=O) groups is 1. The average molecular weight is 218 g/mol. The van der Waals surface area contributed by atoms with Gasteiger partial charge in [-0.15, -0.1) is 5.10 Å². The molecule has 0 saturated heterocycles. The van der Waals surface area contributed by atoms with E-state index in [4.69, 9.17) is 5.73 Å². The van der Waals surface area contributed by atoms with E-state index >= 15 is 0 Å². The lowest BCUT2D eigenvalue weighted by molar-refractivity contribution is 0.0600. The summed E-state index contributed by atoms with van der Waals surface area (Å²) in [5.41, 5.74) is 5.88. The summed E-state index contributed by atoms with van der Waals surface area (Å²) in [4.78, 5) is 15.2. The Morgan fingerprint density at radius 3 is 2.75 bits per heavy atom. The number of nitrogens with zero attached hydrogens (tertiary/aromatic N) is 3. The summed E-state index contributed by atoms with van der Waals surface area (Å²) >= 11 is 0. The van der Waals surface area contributed by atoms with Gasteiger partial charge in [-0.25, -0.2) is 14.5 Å². The maximum Gasteiger partial charge on any atom is 0.339 e. The highest BCUT2D eigenvalue weighted by Gasteiger charge is 2.06. The second-order valence-corrected chi connectivity index (χ2v) is 3.08. The molecule has 2 aromatic rings. The summed E-state index contributed by atoms with van der Waals surface area (Å²) in [5, 5.41) is 3.99. The first-order valence-corrected chi connectivity index (χ1v) is 4.56. The zero-order valence-electron chi connectivity index (χ0n) is 8.62. The van der Waals surface area contributed by atoms with Crippen molar-refractivity contribution in [3.63, 3.8) is 0 Å². The Kier molecular flexibility index (Phi) is 2.55. The Labute approximate surface area is 91.7 Å². The molecule has 0 aliphatic heterocycles. The molecule has 0 atom stereocenters. The van der Waals surface area contributed by atoms with Crippen molar-refractivity contribution in [2.75, 3.05) is 12.8 Å². The molecule has 0 saturated carbocycles. The predicted molar refractivity (Wildman–Crippen MR) is 57.1 cm³/mol. The molecule has 6 heteroatoms. The maximum atomic E-state index is 11.2. The molecule has 0 unspecified atom stereocenters. The van der Waals surface area contributed by atoms with Gasteiger partial charge < -0.3 is 10.5 Å². The van der Waals surface area contributed by atoms with E-state index in [0.29, 0.717) is 17.2 Å². The van der Waals surface area contributed by atoms with Crippen LogP contribution in [0.5, 0.6) is 0 Å². The molecule has 0 aromatic carbocycles. The van der Waals surface area contributed by atoms with E-state index in [1.54, 1.807) is 24.4 Å². The third kappa shape index (κ3) is 1.85. The van der Waals surface area contributed by atoms with Crippen LogP contribution < -0.4 is 5.73 Å². The fourth-order valence-electron chi connectivity index (χ4n) is 1.23. The molecule has 16 heavy (non-hydrogen) atoms. The minimum absolute atomic E-state index is 0.395. The van der Waals surface area contributed by atoms with Gasteiger partial charge in [0.2, 0.25) is 0 Å². The molecule has 6 nitrogen and oxygen atoms in total. The number of esters is 1. The van der Waals surface area contributed by atoms with E-state index in [-0.39, 0.29) is 0 Å². The molecule has 0 fully saturated rings. The Morgan fingerprint density at radius 1 is 1.44 bits per heavy atom. The van der Waals surface area contributed by atoms with Crippen molar-refractivity contribution < 1.29 is 9.53 Å². The van der Waals surface area contributed by atoms with Crippen LogP contribution in [0, 0.1) is 0 Å². The normalized spacial score (nSPS) is 10.1. The third-order valence-electron chi connectivity index (χ3n) is 2.01. The largest absolute Gasteiger partial charge is 0.465 e. The number of methoxy groups -OCH3 is 1. The molecule has 2 N–H and O–H groups in total. The zero-order valence-corrected chi connectivity index (χ0v) is 8.62. The highest BCUT2D eigenvalue weighted by atomic mass is 16.5. The van der Waals surface area contributed by atoms with Gasteiger partial charge in [0.1, 0.15) is 5.82 Å². The van der Waals surface area contributed by atoms with Crippen molar-refractivity contribution in [3.05, 3.63) is 36.2 Å². The standard InChI is InChI=1S/C10H10N4O2/c1-16-10(15)7-2-3-9(12-6-7)14-5-4-8(11)13-14/h2-6H,1H3,(H2,11,13). The van der Waals surface area contributed by atoms with Crippen LogP contribution >= 0.6 is 0 Å². The molecule has 0 aliphatic rings. The van der Waals surface area contributed by atoms with E-state index in [0.717, 1.165) is 0 Å². The minimum atomic E-state index is -0.418. The second-order valence-electron chi connectivity index (χ2n) is 3.08. The molecule has 0 spiro atoms. The fraction of sp³-hybridized carbons (Fsp3) is 0.100. The first-order valence-electron chi connectivity index (χ1n) is 4.56. The molecule has 0 amide bonds. The summed E-state index contributed by atoms with van der Waals surface area (Å²) in [5.74, 6) is 0.585. The molecular weight excluding hydrogens is 208 g/mol. The van der Waals surface area contributed by atoms with Crippen LogP contribution in [0.25, 0.3) is 5.82 Å². The van der Waals surface area contributed by atoms with Gasteiger partial charge in [-0.3, -0.25) is 0 Å². The smallest absolute Gasteiger partial charge is 0.339 e. The number of hydrogen-bond donors (Lipinski definition) is 1. The molecule has 2 rings (SSSR count). The number of anilines is 1. The number of pyridine rings is 1. The van der Waals surface area contributed by atoms with Gasteiger partial charge in [0.05, 0.1) is 12.7 Å². The number of ether oxygens (including phenoxy) is 1. The first-order chi connectivity index (χ1) is 7.70. The second kappa shape index (κ2) is 4.01. The maximum absolute atomic E-state index is 11.2. The van der Waals surface area contributed by atoms with Crippen molar-refractivity contribution in [2.24, 2.45) is 0 Å². The monoisotopic (exact) mass is 218 g/mol. The van der Waals surface area contributed by atoms with Gasteiger partial charge >= 0.3 is 5.97 Å². The highest BCUT2D eigenvalue weighted by Crippen LogP contribution is 2.07. The van der Waals surface area contributed by atoms with Crippen LogP contribution in [0.15, 0.2) is 30.6 Å².